The molecule has 1 aliphatic carbocycles. The van der Waals surface area contributed by atoms with E-state index in [0.29, 0.717) is 36.4 Å². The Balaban J connectivity index is 1.69. The predicted molar refractivity (Wildman–Crippen MR) is 112 cm³/mol. The van der Waals surface area contributed by atoms with Gasteiger partial charge in [0.05, 0.1) is 5.56 Å². The summed E-state index contributed by atoms with van der Waals surface area (Å²) in [6.45, 7) is 2.47. The summed E-state index contributed by atoms with van der Waals surface area (Å²) < 4.78 is 5.56. The van der Waals surface area contributed by atoms with E-state index in [9.17, 15) is 14.9 Å². The molecule has 0 bridgehead atoms. The Morgan fingerprint density at radius 2 is 2.34 bits per heavy atom. The number of hydrogen-bond acceptors (Lipinski definition) is 6. The number of aromatic nitrogens is 1. The van der Waals surface area contributed by atoms with Gasteiger partial charge < -0.3 is 15.0 Å². The van der Waals surface area contributed by atoms with Crippen LogP contribution in [-0.4, -0.2) is 41.6 Å². The number of anilines is 1. The molecule has 1 aliphatic rings. The minimum atomic E-state index is -0.341. The third kappa shape index (κ3) is 5.00. The maximum atomic E-state index is 12.3. The molecule has 2 heterocycles. The van der Waals surface area contributed by atoms with Crippen molar-refractivity contribution >= 4 is 34.4 Å². The Morgan fingerprint density at radius 3 is 3.03 bits per heavy atom. The summed E-state index contributed by atoms with van der Waals surface area (Å²) in [6, 6.07) is 5.85. The minimum Gasteiger partial charge on any atom is -0.446 e. The molecule has 29 heavy (non-hydrogen) atoms. The molecule has 3 rings (SSSR count). The molecule has 0 saturated heterocycles. The molecule has 1 unspecified atom stereocenters. The van der Waals surface area contributed by atoms with E-state index in [1.165, 1.54) is 22.3 Å². The molecule has 2 amide bonds. The Morgan fingerprint density at radius 1 is 1.52 bits per heavy atom. The van der Waals surface area contributed by atoms with E-state index < -0.39 is 0 Å². The highest BCUT2D eigenvalue weighted by Crippen LogP contribution is 2.38. The second-order valence-electron chi connectivity index (χ2n) is 6.69. The largest absolute Gasteiger partial charge is 0.446 e. The van der Waals surface area contributed by atoms with Crippen molar-refractivity contribution in [1.29, 1.82) is 5.26 Å². The first kappa shape index (κ1) is 20.6. The molecule has 0 spiro atoms. The maximum absolute atomic E-state index is 12.3. The lowest BCUT2D eigenvalue weighted by molar-refractivity contribution is -0.111. The van der Waals surface area contributed by atoms with Crippen LogP contribution >= 0.6 is 11.3 Å². The zero-order valence-corrected chi connectivity index (χ0v) is 17.2. The molecule has 1 atom stereocenters. The van der Waals surface area contributed by atoms with Crippen molar-refractivity contribution in [1.82, 2.24) is 9.88 Å². The zero-order chi connectivity index (χ0) is 20.8. The number of nitrogens with one attached hydrogen (secondary N) is 1. The number of carbonyl (C=O) groups is 2. The van der Waals surface area contributed by atoms with Crippen LogP contribution in [0.25, 0.3) is 6.08 Å². The zero-order valence-electron chi connectivity index (χ0n) is 16.3. The van der Waals surface area contributed by atoms with Crippen LogP contribution in [0.4, 0.5) is 9.80 Å². The van der Waals surface area contributed by atoms with Gasteiger partial charge in [-0.3, -0.25) is 9.78 Å². The monoisotopic (exact) mass is 410 g/mol. The van der Waals surface area contributed by atoms with E-state index in [1.54, 1.807) is 31.6 Å². The Hall–Kier alpha value is -3.18. The smallest absolute Gasteiger partial charge is 0.409 e. The summed E-state index contributed by atoms with van der Waals surface area (Å²) in [5.41, 5.74) is 2.26. The van der Waals surface area contributed by atoms with E-state index in [1.807, 2.05) is 13.0 Å². The van der Waals surface area contributed by atoms with Gasteiger partial charge >= 0.3 is 6.09 Å². The summed E-state index contributed by atoms with van der Waals surface area (Å²) in [5.74, 6) is -0.309. The van der Waals surface area contributed by atoms with Gasteiger partial charge in [0.2, 0.25) is 5.91 Å². The van der Waals surface area contributed by atoms with Crippen LogP contribution in [0.1, 0.15) is 34.9 Å². The molecule has 2 aromatic heterocycles. The van der Waals surface area contributed by atoms with E-state index in [-0.39, 0.29) is 18.1 Å². The number of ether oxygens (including phenoxy) is 1. The Bertz CT molecular complexity index is 962. The number of fused-ring (bicyclic) bond motifs is 1. The van der Waals surface area contributed by atoms with Gasteiger partial charge in [-0.25, -0.2) is 4.79 Å². The van der Waals surface area contributed by atoms with Crippen molar-refractivity contribution < 1.29 is 14.3 Å². The van der Waals surface area contributed by atoms with Crippen molar-refractivity contribution in [3.8, 4) is 6.07 Å². The van der Waals surface area contributed by atoms with Crippen LogP contribution in [0, 0.1) is 11.3 Å². The van der Waals surface area contributed by atoms with Crippen molar-refractivity contribution in [2.24, 2.45) is 0 Å². The average Bonchev–Trinajstić information content (AvgIpc) is 3.08. The lowest BCUT2D eigenvalue weighted by Gasteiger charge is -2.24. The van der Waals surface area contributed by atoms with E-state index >= 15 is 0 Å². The predicted octanol–water partition coefficient (Wildman–Crippen LogP) is 3.61. The van der Waals surface area contributed by atoms with Gasteiger partial charge in [-0.15, -0.1) is 11.3 Å². The molecule has 8 heteroatoms. The first-order chi connectivity index (χ1) is 14.0. The van der Waals surface area contributed by atoms with Crippen LogP contribution in [0.15, 0.2) is 30.6 Å². The van der Waals surface area contributed by atoms with Gasteiger partial charge in [0.1, 0.15) is 17.2 Å². The third-order valence-corrected chi connectivity index (χ3v) is 5.90. The van der Waals surface area contributed by atoms with Gasteiger partial charge in [0.15, 0.2) is 0 Å². The SMILES string of the molecule is CCN(C)C(=O)OC1CCc2c(sc(NC(=O)C=Cc3cccnc3)c2C#N)C1. The van der Waals surface area contributed by atoms with Crippen LogP contribution in [0.5, 0.6) is 0 Å². The van der Waals surface area contributed by atoms with Gasteiger partial charge in [-0.1, -0.05) is 6.07 Å². The Labute approximate surface area is 173 Å². The number of nitriles is 1. The molecule has 2 aromatic rings. The molecule has 0 aliphatic heterocycles. The fraction of sp³-hybridized carbons (Fsp3) is 0.333. The van der Waals surface area contributed by atoms with Crippen molar-refractivity contribution in [3.63, 3.8) is 0 Å². The summed E-state index contributed by atoms with van der Waals surface area (Å²) in [4.78, 5) is 30.8. The Kier molecular flexibility index (Phi) is 6.62. The van der Waals surface area contributed by atoms with E-state index in [4.69, 9.17) is 4.74 Å². The first-order valence-corrected chi connectivity index (χ1v) is 10.2. The maximum Gasteiger partial charge on any atom is 0.409 e. The molecule has 0 fully saturated rings. The minimum absolute atomic E-state index is 0.219. The van der Waals surface area contributed by atoms with Crippen molar-refractivity contribution in [2.75, 3.05) is 18.9 Å². The topological polar surface area (TPSA) is 95.3 Å². The molecule has 1 N–H and O–H groups in total. The van der Waals surface area contributed by atoms with Gasteiger partial charge in [-0.2, -0.15) is 5.26 Å². The standard InChI is InChI=1S/C21H22N4O3S/c1-3-25(2)21(27)28-15-7-8-16-17(12-22)20(29-18(16)11-15)24-19(26)9-6-14-5-4-10-23-13-14/h4-6,9-10,13,15H,3,7-8,11H2,1-2H3,(H,24,26). The van der Waals surface area contributed by atoms with Crippen LogP contribution in [0.3, 0.4) is 0 Å². The number of thiophene rings is 1. The quantitative estimate of drug-likeness (QED) is 0.760. The summed E-state index contributed by atoms with van der Waals surface area (Å²) >= 11 is 1.38. The second-order valence-corrected chi connectivity index (χ2v) is 7.80. The number of rotatable bonds is 5. The summed E-state index contributed by atoms with van der Waals surface area (Å²) in [7, 11) is 1.70. The lowest BCUT2D eigenvalue weighted by atomic mass is 9.94. The molecule has 0 aromatic carbocycles. The van der Waals surface area contributed by atoms with Crippen molar-refractivity contribution in [2.45, 2.75) is 32.3 Å². The molecule has 0 saturated carbocycles. The summed E-state index contributed by atoms with van der Waals surface area (Å²) in [5, 5.41) is 12.9. The van der Waals surface area contributed by atoms with E-state index in [2.05, 4.69) is 16.4 Å². The lowest BCUT2D eigenvalue weighted by Crippen LogP contribution is -2.33. The molecule has 7 nitrogen and oxygen atoms in total. The first-order valence-electron chi connectivity index (χ1n) is 9.37. The number of pyridine rings is 1. The molecular formula is C21H22N4O3S. The molecule has 150 valence electrons. The van der Waals surface area contributed by atoms with Gasteiger partial charge in [0.25, 0.3) is 0 Å². The molecular weight excluding hydrogens is 388 g/mol. The number of nitrogens with zero attached hydrogens (tertiary/aromatic N) is 3. The van der Waals surface area contributed by atoms with Crippen LogP contribution in [-0.2, 0) is 22.4 Å². The summed E-state index contributed by atoms with van der Waals surface area (Å²) in [6.07, 6.45) is 7.71. The highest BCUT2D eigenvalue weighted by Gasteiger charge is 2.28. The van der Waals surface area contributed by atoms with Crippen LogP contribution < -0.4 is 5.32 Å². The van der Waals surface area contributed by atoms with Crippen molar-refractivity contribution in [3.05, 3.63) is 52.2 Å². The fourth-order valence-corrected chi connectivity index (χ4v) is 4.29. The van der Waals surface area contributed by atoms with Gasteiger partial charge in [-0.05, 0) is 43.0 Å². The van der Waals surface area contributed by atoms with Gasteiger partial charge in [0, 0.05) is 43.4 Å². The number of hydrogen-bond donors (Lipinski definition) is 1. The normalized spacial score (nSPS) is 15.4. The number of carbonyl (C=O) groups excluding carboxylic acids is 2. The fourth-order valence-electron chi connectivity index (χ4n) is 3.02. The third-order valence-electron chi connectivity index (χ3n) is 4.73. The van der Waals surface area contributed by atoms with E-state index in [0.717, 1.165) is 16.0 Å². The number of amides is 2. The highest BCUT2D eigenvalue weighted by atomic mass is 32.1. The average molecular weight is 410 g/mol. The highest BCUT2D eigenvalue weighted by molar-refractivity contribution is 7.16. The second kappa shape index (κ2) is 9.34. The van der Waals surface area contributed by atoms with Crippen LogP contribution in [0.2, 0.25) is 0 Å². The molecule has 0 radical (unpaired) electrons.